The third-order valence-electron chi connectivity index (χ3n) is 0.883. The quantitative estimate of drug-likeness (QED) is 0.431. The van der Waals surface area contributed by atoms with Crippen LogP contribution in [0.3, 0.4) is 0 Å². The first-order valence-corrected chi connectivity index (χ1v) is 3.17. The third-order valence-corrected chi connectivity index (χ3v) is 0.883. The number of carbonyl (C=O) groups is 1. The SMILES string of the molecule is CC=C=C(C)COC(C)=O. The number of hydrogen-bond acceptors (Lipinski definition) is 2. The highest BCUT2D eigenvalue weighted by atomic mass is 16.5. The van der Waals surface area contributed by atoms with Crippen molar-refractivity contribution in [2.75, 3.05) is 6.61 Å². The molecule has 0 radical (unpaired) electrons. The van der Waals surface area contributed by atoms with Gasteiger partial charge in [0.1, 0.15) is 6.61 Å². The lowest BCUT2D eigenvalue weighted by Gasteiger charge is -1.97. The molecule has 0 aromatic rings. The van der Waals surface area contributed by atoms with Crippen molar-refractivity contribution in [3.05, 3.63) is 17.4 Å². The Balaban J connectivity index is 3.70. The van der Waals surface area contributed by atoms with Gasteiger partial charge in [-0.2, -0.15) is 0 Å². The van der Waals surface area contributed by atoms with E-state index in [0.29, 0.717) is 6.61 Å². The molecule has 2 nitrogen and oxygen atoms in total. The molecule has 0 unspecified atom stereocenters. The first-order chi connectivity index (χ1) is 4.66. The van der Waals surface area contributed by atoms with Crippen LogP contribution in [0.25, 0.3) is 0 Å². The molecule has 56 valence electrons. The molecule has 0 aromatic carbocycles. The van der Waals surface area contributed by atoms with Crippen LogP contribution in [0.4, 0.5) is 0 Å². The average molecular weight is 140 g/mol. The molecule has 0 atom stereocenters. The fraction of sp³-hybridized carbons (Fsp3) is 0.500. The molecule has 0 saturated heterocycles. The normalized spacial score (nSPS) is 7.90. The molecule has 0 aliphatic heterocycles. The Morgan fingerprint density at radius 2 is 2.20 bits per heavy atom. The largest absolute Gasteiger partial charge is 0.461 e. The number of ether oxygens (including phenoxy) is 1. The summed E-state index contributed by atoms with van der Waals surface area (Å²) in [5.41, 5.74) is 3.84. The van der Waals surface area contributed by atoms with E-state index in [2.05, 4.69) is 5.73 Å². The predicted molar refractivity (Wildman–Crippen MR) is 39.6 cm³/mol. The Labute approximate surface area is 61.2 Å². The van der Waals surface area contributed by atoms with Crippen molar-refractivity contribution in [2.24, 2.45) is 0 Å². The Kier molecular flexibility index (Phi) is 4.34. The average Bonchev–Trinajstić information content (AvgIpc) is 1.85. The Bertz CT molecular complexity index is 174. The van der Waals surface area contributed by atoms with Gasteiger partial charge in [0.15, 0.2) is 0 Å². The minimum absolute atomic E-state index is 0.253. The van der Waals surface area contributed by atoms with Crippen LogP contribution in [-0.2, 0) is 9.53 Å². The predicted octanol–water partition coefficient (Wildman–Crippen LogP) is 1.67. The zero-order valence-electron chi connectivity index (χ0n) is 6.60. The molecular weight excluding hydrogens is 128 g/mol. The van der Waals surface area contributed by atoms with Gasteiger partial charge in [0.05, 0.1) is 0 Å². The molecule has 0 aliphatic rings. The van der Waals surface area contributed by atoms with Crippen LogP contribution < -0.4 is 0 Å². The maximum atomic E-state index is 10.3. The summed E-state index contributed by atoms with van der Waals surface area (Å²) in [5, 5.41) is 0. The summed E-state index contributed by atoms with van der Waals surface area (Å²) in [6.45, 7) is 5.48. The van der Waals surface area contributed by atoms with E-state index < -0.39 is 0 Å². The van der Waals surface area contributed by atoms with E-state index >= 15 is 0 Å². The summed E-state index contributed by atoms with van der Waals surface area (Å²) in [7, 11) is 0. The summed E-state index contributed by atoms with van der Waals surface area (Å²) in [4.78, 5) is 10.3. The lowest BCUT2D eigenvalue weighted by atomic mass is 10.3. The molecule has 0 spiro atoms. The van der Waals surface area contributed by atoms with Crippen LogP contribution in [0, 0.1) is 0 Å². The van der Waals surface area contributed by atoms with Crippen LogP contribution in [0.5, 0.6) is 0 Å². The van der Waals surface area contributed by atoms with E-state index in [1.165, 1.54) is 6.92 Å². The second kappa shape index (κ2) is 4.83. The van der Waals surface area contributed by atoms with Gasteiger partial charge >= 0.3 is 5.97 Å². The van der Waals surface area contributed by atoms with Gasteiger partial charge in [-0.05, 0) is 19.9 Å². The second-order valence-electron chi connectivity index (χ2n) is 1.99. The van der Waals surface area contributed by atoms with E-state index in [-0.39, 0.29) is 5.97 Å². The van der Waals surface area contributed by atoms with Gasteiger partial charge in [-0.1, -0.05) is 0 Å². The van der Waals surface area contributed by atoms with E-state index in [4.69, 9.17) is 4.74 Å². The van der Waals surface area contributed by atoms with Crippen LogP contribution in [0.15, 0.2) is 17.4 Å². The Morgan fingerprint density at radius 3 is 2.60 bits per heavy atom. The maximum Gasteiger partial charge on any atom is 0.302 e. The lowest BCUT2D eigenvalue weighted by Crippen LogP contribution is -2.00. The minimum Gasteiger partial charge on any atom is -0.461 e. The monoisotopic (exact) mass is 140 g/mol. The van der Waals surface area contributed by atoms with E-state index in [9.17, 15) is 4.79 Å². The maximum absolute atomic E-state index is 10.3. The molecule has 10 heavy (non-hydrogen) atoms. The molecule has 0 aliphatic carbocycles. The first-order valence-electron chi connectivity index (χ1n) is 3.17. The molecular formula is C8H12O2. The van der Waals surface area contributed by atoms with Crippen molar-refractivity contribution in [1.82, 2.24) is 0 Å². The van der Waals surface area contributed by atoms with Gasteiger partial charge in [-0.3, -0.25) is 4.79 Å². The van der Waals surface area contributed by atoms with Crippen LogP contribution in [0.2, 0.25) is 0 Å². The number of esters is 1. The highest BCUT2D eigenvalue weighted by molar-refractivity contribution is 5.66. The number of rotatable bonds is 2. The fourth-order valence-electron chi connectivity index (χ4n) is 0.498. The molecule has 0 bridgehead atoms. The highest BCUT2D eigenvalue weighted by Crippen LogP contribution is 1.90. The van der Waals surface area contributed by atoms with Gasteiger partial charge < -0.3 is 4.74 Å². The van der Waals surface area contributed by atoms with Gasteiger partial charge in [-0.15, -0.1) is 5.73 Å². The summed E-state index contributed by atoms with van der Waals surface area (Å²) >= 11 is 0. The third kappa shape index (κ3) is 5.13. The zero-order chi connectivity index (χ0) is 7.98. The molecule has 2 heteroatoms. The minimum atomic E-state index is -0.253. The Morgan fingerprint density at radius 1 is 1.60 bits per heavy atom. The highest BCUT2D eigenvalue weighted by Gasteiger charge is 1.91. The van der Waals surface area contributed by atoms with Crippen molar-refractivity contribution in [2.45, 2.75) is 20.8 Å². The topological polar surface area (TPSA) is 26.3 Å². The number of hydrogen-bond donors (Lipinski definition) is 0. The Hall–Kier alpha value is -1.01. The summed E-state index contributed by atoms with van der Waals surface area (Å²) < 4.78 is 4.70. The van der Waals surface area contributed by atoms with Crippen LogP contribution in [0.1, 0.15) is 20.8 Å². The standard InChI is InChI=1S/C8H12O2/c1-4-5-7(2)6-10-8(3)9/h4H,6H2,1-3H3. The summed E-state index contributed by atoms with van der Waals surface area (Å²) in [6.07, 6.45) is 1.79. The van der Waals surface area contributed by atoms with Crippen molar-refractivity contribution >= 4 is 5.97 Å². The van der Waals surface area contributed by atoms with Gasteiger partial charge in [0, 0.05) is 12.5 Å². The van der Waals surface area contributed by atoms with Gasteiger partial charge in [0.2, 0.25) is 0 Å². The second-order valence-corrected chi connectivity index (χ2v) is 1.99. The molecule has 0 aromatic heterocycles. The van der Waals surface area contributed by atoms with Crippen molar-refractivity contribution in [3.8, 4) is 0 Å². The smallest absolute Gasteiger partial charge is 0.302 e. The fourth-order valence-corrected chi connectivity index (χ4v) is 0.498. The van der Waals surface area contributed by atoms with E-state index in [1.54, 1.807) is 6.08 Å². The summed E-state index contributed by atoms with van der Waals surface area (Å²) in [6, 6.07) is 0. The van der Waals surface area contributed by atoms with Gasteiger partial charge in [-0.25, -0.2) is 0 Å². The van der Waals surface area contributed by atoms with Crippen LogP contribution in [-0.4, -0.2) is 12.6 Å². The molecule has 0 fully saturated rings. The molecule has 0 rings (SSSR count). The number of carbonyl (C=O) groups excluding carboxylic acids is 1. The summed E-state index contributed by atoms with van der Waals surface area (Å²) in [5.74, 6) is -0.253. The van der Waals surface area contributed by atoms with Crippen molar-refractivity contribution < 1.29 is 9.53 Å². The van der Waals surface area contributed by atoms with Crippen molar-refractivity contribution in [1.29, 1.82) is 0 Å². The van der Waals surface area contributed by atoms with Crippen LogP contribution >= 0.6 is 0 Å². The van der Waals surface area contributed by atoms with E-state index in [0.717, 1.165) is 5.57 Å². The first kappa shape index (κ1) is 8.99. The zero-order valence-corrected chi connectivity index (χ0v) is 6.60. The molecule has 0 N–H and O–H groups in total. The van der Waals surface area contributed by atoms with Crippen molar-refractivity contribution in [3.63, 3.8) is 0 Å². The lowest BCUT2D eigenvalue weighted by molar-refractivity contribution is -0.139. The molecule has 0 heterocycles. The van der Waals surface area contributed by atoms with Gasteiger partial charge in [0.25, 0.3) is 0 Å². The molecule has 0 amide bonds. The van der Waals surface area contributed by atoms with E-state index in [1.807, 2.05) is 13.8 Å². The molecule has 0 saturated carbocycles.